The molecule has 0 radical (unpaired) electrons. The van der Waals surface area contributed by atoms with E-state index in [0.29, 0.717) is 11.3 Å². The Morgan fingerprint density at radius 1 is 1.29 bits per heavy atom. The molecule has 0 spiro atoms. The number of hydrogen-bond acceptors (Lipinski definition) is 5. The van der Waals surface area contributed by atoms with Gasteiger partial charge in [0, 0.05) is 17.0 Å². The van der Waals surface area contributed by atoms with E-state index in [1.165, 1.54) is 43.0 Å². The second-order valence-electron chi connectivity index (χ2n) is 6.57. The third kappa shape index (κ3) is 4.36. The van der Waals surface area contributed by atoms with Crippen LogP contribution in [0.1, 0.15) is 18.9 Å². The predicted molar refractivity (Wildman–Crippen MR) is 107 cm³/mol. The number of hydrogen-bond donors (Lipinski definition) is 2. The average Bonchev–Trinajstić information content (AvgIpc) is 2.64. The zero-order valence-electron chi connectivity index (χ0n) is 15.3. The van der Waals surface area contributed by atoms with Gasteiger partial charge in [-0.05, 0) is 49.7 Å². The van der Waals surface area contributed by atoms with Crippen LogP contribution in [0.5, 0.6) is 0 Å². The zero-order chi connectivity index (χ0) is 20.5. The van der Waals surface area contributed by atoms with Gasteiger partial charge in [0.25, 0.3) is 0 Å². The number of carbonyl (C=O) groups excluding carboxylic acids is 2. The van der Waals surface area contributed by atoms with E-state index in [1.807, 2.05) is 0 Å². The molecule has 1 atom stereocenters. The summed E-state index contributed by atoms with van der Waals surface area (Å²) in [6.07, 6.45) is -0.282. The number of fused-ring (bicyclic) bond motifs is 1. The molecule has 28 heavy (non-hydrogen) atoms. The first kappa shape index (κ1) is 20.3. The number of rotatable bonds is 5. The Morgan fingerprint density at radius 2 is 2.04 bits per heavy atom. The Balaban J connectivity index is 1.73. The Hall–Kier alpha value is -2.39. The maximum absolute atomic E-state index is 13.6. The third-order valence-corrected chi connectivity index (χ3v) is 7.58. The van der Waals surface area contributed by atoms with Crippen molar-refractivity contribution in [3.8, 4) is 0 Å². The second kappa shape index (κ2) is 7.92. The molecule has 1 aliphatic rings. The molecule has 1 aliphatic heterocycles. The van der Waals surface area contributed by atoms with Crippen molar-refractivity contribution < 1.29 is 22.4 Å². The van der Waals surface area contributed by atoms with Crippen molar-refractivity contribution in [1.29, 1.82) is 0 Å². The van der Waals surface area contributed by atoms with Gasteiger partial charge in [0.1, 0.15) is 5.82 Å². The smallest absolute Gasteiger partial charge is 0.234 e. The van der Waals surface area contributed by atoms with E-state index < -0.39 is 26.8 Å². The molecule has 2 aromatic rings. The Morgan fingerprint density at radius 3 is 2.75 bits per heavy atom. The minimum atomic E-state index is -3.79. The quantitative estimate of drug-likeness (QED) is 0.771. The van der Waals surface area contributed by atoms with E-state index in [9.17, 15) is 22.4 Å². The molecule has 0 fully saturated rings. The van der Waals surface area contributed by atoms with Crippen molar-refractivity contribution in [3.63, 3.8) is 0 Å². The van der Waals surface area contributed by atoms with Crippen LogP contribution in [0.2, 0.25) is 0 Å². The van der Waals surface area contributed by atoms with E-state index in [0.717, 1.165) is 4.90 Å². The van der Waals surface area contributed by atoms with E-state index in [1.54, 1.807) is 19.1 Å². The molecule has 0 saturated carbocycles. The van der Waals surface area contributed by atoms with Crippen LogP contribution in [-0.4, -0.2) is 31.2 Å². The van der Waals surface area contributed by atoms with Crippen LogP contribution in [0.4, 0.5) is 15.8 Å². The molecule has 9 heteroatoms. The number of thioether (sulfide) groups is 1. The summed E-state index contributed by atoms with van der Waals surface area (Å²) in [5.41, 5.74) is 1.17. The van der Waals surface area contributed by atoms with Gasteiger partial charge < -0.3 is 10.6 Å². The standard InChI is InChI=1S/C19H19FN2O4S2/c1-11-3-4-13(8-15(11)20)21-18(23)7-12(2)28(25,26)14-5-6-17-16(9-14)22-19(24)10-27-17/h3-6,8-9,12H,7,10H2,1-2H3,(H,21,23)(H,22,24). The number of nitrogens with one attached hydrogen (secondary N) is 2. The maximum atomic E-state index is 13.6. The van der Waals surface area contributed by atoms with Crippen LogP contribution < -0.4 is 10.6 Å². The first-order chi connectivity index (χ1) is 13.2. The average molecular weight is 423 g/mol. The molecule has 2 aromatic carbocycles. The number of carbonyl (C=O) groups is 2. The molecule has 6 nitrogen and oxygen atoms in total. The molecule has 2 amide bonds. The predicted octanol–water partition coefficient (Wildman–Crippen LogP) is 3.37. The largest absolute Gasteiger partial charge is 0.326 e. The fourth-order valence-electron chi connectivity index (χ4n) is 2.72. The number of anilines is 2. The SMILES string of the molecule is Cc1ccc(NC(=O)CC(C)S(=O)(=O)c2ccc3c(c2)NC(=O)CS3)cc1F. The summed E-state index contributed by atoms with van der Waals surface area (Å²) in [6.45, 7) is 3.05. The van der Waals surface area contributed by atoms with Crippen LogP contribution in [0.15, 0.2) is 46.2 Å². The van der Waals surface area contributed by atoms with Crippen molar-refractivity contribution in [2.45, 2.75) is 35.3 Å². The number of aryl methyl sites for hydroxylation is 1. The van der Waals surface area contributed by atoms with Gasteiger partial charge >= 0.3 is 0 Å². The molecule has 0 aromatic heterocycles. The summed E-state index contributed by atoms with van der Waals surface area (Å²) in [5.74, 6) is -0.881. The summed E-state index contributed by atoms with van der Waals surface area (Å²) >= 11 is 1.34. The topological polar surface area (TPSA) is 92.3 Å². The molecule has 0 saturated heterocycles. The lowest BCUT2D eigenvalue weighted by molar-refractivity contribution is -0.116. The fourth-order valence-corrected chi connectivity index (χ4v) is 4.89. The van der Waals surface area contributed by atoms with Crippen LogP contribution >= 0.6 is 11.8 Å². The Kier molecular flexibility index (Phi) is 5.76. The van der Waals surface area contributed by atoms with Gasteiger partial charge in [-0.25, -0.2) is 12.8 Å². The normalized spacial score (nSPS) is 14.8. The maximum Gasteiger partial charge on any atom is 0.234 e. The lowest BCUT2D eigenvalue weighted by Crippen LogP contribution is -2.25. The molecule has 3 rings (SSSR count). The first-order valence-corrected chi connectivity index (χ1v) is 11.1. The van der Waals surface area contributed by atoms with Crippen molar-refractivity contribution in [2.24, 2.45) is 0 Å². The van der Waals surface area contributed by atoms with Crippen molar-refractivity contribution in [2.75, 3.05) is 16.4 Å². The van der Waals surface area contributed by atoms with E-state index in [4.69, 9.17) is 0 Å². The van der Waals surface area contributed by atoms with Gasteiger partial charge in [0.05, 0.1) is 21.6 Å². The molecular weight excluding hydrogens is 403 g/mol. The number of halogens is 1. The van der Waals surface area contributed by atoms with Crippen LogP contribution in [0, 0.1) is 12.7 Å². The highest BCUT2D eigenvalue weighted by Gasteiger charge is 2.27. The van der Waals surface area contributed by atoms with Crippen molar-refractivity contribution in [1.82, 2.24) is 0 Å². The van der Waals surface area contributed by atoms with Gasteiger partial charge in [-0.2, -0.15) is 0 Å². The Labute approximate surface area is 166 Å². The van der Waals surface area contributed by atoms with Gasteiger partial charge in [0.15, 0.2) is 9.84 Å². The summed E-state index contributed by atoms with van der Waals surface area (Å²) in [6, 6.07) is 8.81. The van der Waals surface area contributed by atoms with Gasteiger partial charge in [-0.3, -0.25) is 9.59 Å². The highest BCUT2D eigenvalue weighted by molar-refractivity contribution is 8.00. The summed E-state index contributed by atoms with van der Waals surface area (Å²) in [4.78, 5) is 24.6. The van der Waals surface area contributed by atoms with E-state index in [-0.39, 0.29) is 28.7 Å². The van der Waals surface area contributed by atoms with Crippen molar-refractivity contribution in [3.05, 3.63) is 47.8 Å². The molecule has 1 unspecified atom stereocenters. The molecule has 1 heterocycles. The van der Waals surface area contributed by atoms with Gasteiger partial charge in [-0.1, -0.05) is 6.07 Å². The molecule has 0 bridgehead atoms. The summed E-state index contributed by atoms with van der Waals surface area (Å²) in [7, 11) is -3.79. The molecule has 148 valence electrons. The van der Waals surface area contributed by atoms with Crippen LogP contribution in [0.25, 0.3) is 0 Å². The minimum absolute atomic E-state index is 0.0377. The zero-order valence-corrected chi connectivity index (χ0v) is 16.9. The lowest BCUT2D eigenvalue weighted by Gasteiger charge is -2.18. The summed E-state index contributed by atoms with van der Waals surface area (Å²) in [5, 5.41) is 4.18. The fraction of sp³-hybridized carbons (Fsp3) is 0.263. The summed E-state index contributed by atoms with van der Waals surface area (Å²) < 4.78 is 39.2. The van der Waals surface area contributed by atoms with Gasteiger partial charge in [0.2, 0.25) is 11.8 Å². The van der Waals surface area contributed by atoms with E-state index in [2.05, 4.69) is 10.6 Å². The lowest BCUT2D eigenvalue weighted by atomic mass is 10.2. The van der Waals surface area contributed by atoms with Gasteiger partial charge in [-0.15, -0.1) is 11.8 Å². The number of benzene rings is 2. The monoisotopic (exact) mass is 422 g/mol. The molecular formula is C19H19FN2O4S2. The molecule has 0 aliphatic carbocycles. The van der Waals surface area contributed by atoms with Crippen molar-refractivity contribution >= 4 is 44.8 Å². The third-order valence-electron chi connectivity index (χ3n) is 4.37. The van der Waals surface area contributed by atoms with E-state index >= 15 is 0 Å². The van der Waals surface area contributed by atoms with Crippen LogP contribution in [-0.2, 0) is 19.4 Å². The minimum Gasteiger partial charge on any atom is -0.326 e. The molecule has 2 N–H and O–H groups in total. The highest BCUT2D eigenvalue weighted by Crippen LogP contribution is 2.34. The highest BCUT2D eigenvalue weighted by atomic mass is 32.2. The first-order valence-electron chi connectivity index (χ1n) is 8.53. The second-order valence-corrected chi connectivity index (χ2v) is 9.95. The Bertz CT molecular complexity index is 1050. The van der Waals surface area contributed by atoms with Crippen LogP contribution in [0.3, 0.4) is 0 Å². The number of amides is 2. The number of sulfone groups is 1.